The fourth-order valence-corrected chi connectivity index (χ4v) is 4.18. The zero-order valence-electron chi connectivity index (χ0n) is 13.6. The average Bonchev–Trinajstić information content (AvgIpc) is 2.49. The molecule has 1 aromatic carbocycles. The Morgan fingerprint density at radius 3 is 1.74 bits per heavy atom. The molecule has 0 bridgehead atoms. The van der Waals surface area contributed by atoms with Crippen LogP contribution < -0.4 is 4.74 Å². The summed E-state index contributed by atoms with van der Waals surface area (Å²) >= 11 is 0. The molecule has 1 rings (SSSR count). The van der Waals surface area contributed by atoms with E-state index in [4.69, 9.17) is 4.74 Å². The Balaban J connectivity index is 3.27. The highest BCUT2D eigenvalue weighted by Gasteiger charge is 2.38. The zero-order chi connectivity index (χ0) is 14.5. The summed E-state index contributed by atoms with van der Waals surface area (Å²) in [5.41, 5.74) is 1.47. The van der Waals surface area contributed by atoms with Gasteiger partial charge in [-0.15, -0.1) is 5.31 Å². The molecule has 0 radical (unpaired) electrons. The van der Waals surface area contributed by atoms with Crippen molar-refractivity contribution in [2.24, 2.45) is 0 Å². The van der Waals surface area contributed by atoms with Crippen LogP contribution >= 0.6 is 0 Å². The van der Waals surface area contributed by atoms with Crippen molar-refractivity contribution < 1.29 is 4.74 Å². The largest absolute Gasteiger partial charge is 0.497 e. The number of rotatable bonds is 7. The predicted molar refractivity (Wildman–Crippen MR) is 87.8 cm³/mol. The van der Waals surface area contributed by atoms with Crippen molar-refractivity contribution in [3.63, 3.8) is 0 Å². The summed E-state index contributed by atoms with van der Waals surface area (Å²) in [5, 5.41) is 0.296. The van der Waals surface area contributed by atoms with Crippen LogP contribution in [0.25, 0.3) is 0 Å². The quantitative estimate of drug-likeness (QED) is 0.596. The molecule has 0 aliphatic carbocycles. The van der Waals surface area contributed by atoms with Gasteiger partial charge in [0.15, 0.2) is 0 Å². The number of ether oxygens (including phenoxy) is 1. The molecular formula is C17H30BO-. The van der Waals surface area contributed by atoms with Crippen LogP contribution in [0, 0.1) is 0 Å². The lowest BCUT2D eigenvalue weighted by molar-refractivity contribution is 0.414. The first-order valence-corrected chi connectivity index (χ1v) is 7.88. The number of methoxy groups -OCH3 is 1. The first kappa shape index (κ1) is 16.1. The van der Waals surface area contributed by atoms with E-state index in [1.165, 1.54) is 30.9 Å². The summed E-state index contributed by atoms with van der Waals surface area (Å²) < 4.78 is 5.29. The lowest BCUT2D eigenvalue weighted by Crippen LogP contribution is -2.52. The summed E-state index contributed by atoms with van der Waals surface area (Å²) in [5.74, 6) is 0.949. The van der Waals surface area contributed by atoms with Crippen LogP contribution in [0.4, 0.5) is 0 Å². The molecule has 1 aromatic rings. The summed E-state index contributed by atoms with van der Waals surface area (Å²) in [6.07, 6.45) is 4.72. The van der Waals surface area contributed by atoms with Crippen molar-refractivity contribution in [3.05, 3.63) is 29.8 Å². The number of benzene rings is 1. The third-order valence-electron chi connectivity index (χ3n) is 6.18. The van der Waals surface area contributed by atoms with Gasteiger partial charge in [-0.05, 0) is 12.1 Å². The van der Waals surface area contributed by atoms with Gasteiger partial charge in [-0.1, -0.05) is 58.7 Å². The van der Waals surface area contributed by atoms with E-state index in [-0.39, 0.29) is 6.15 Å². The van der Waals surface area contributed by atoms with Gasteiger partial charge in [-0.25, -0.2) is 0 Å². The van der Waals surface area contributed by atoms with Crippen LogP contribution in [0.5, 0.6) is 5.75 Å². The van der Waals surface area contributed by atoms with Gasteiger partial charge in [0.2, 0.25) is 0 Å². The van der Waals surface area contributed by atoms with Gasteiger partial charge in [0, 0.05) is 6.15 Å². The Kier molecular flexibility index (Phi) is 5.52. The fourth-order valence-electron chi connectivity index (χ4n) is 4.18. The van der Waals surface area contributed by atoms with Crippen LogP contribution in [-0.2, 0) is 5.31 Å². The summed E-state index contributed by atoms with van der Waals surface area (Å²) in [6.45, 7) is 11.9. The molecule has 108 valence electrons. The highest BCUT2D eigenvalue weighted by molar-refractivity contribution is 6.82. The second-order valence-electron chi connectivity index (χ2n) is 6.20. The Labute approximate surface area is 119 Å². The molecule has 0 fully saturated rings. The van der Waals surface area contributed by atoms with Crippen LogP contribution in [0.2, 0.25) is 19.0 Å². The molecule has 0 spiro atoms. The number of hydrogen-bond acceptors (Lipinski definition) is 1. The van der Waals surface area contributed by atoms with Gasteiger partial charge < -0.3 is 4.74 Å². The zero-order valence-corrected chi connectivity index (χ0v) is 13.6. The third kappa shape index (κ3) is 2.68. The van der Waals surface area contributed by atoms with Crippen molar-refractivity contribution in [1.29, 1.82) is 0 Å². The van der Waals surface area contributed by atoms with Crippen molar-refractivity contribution in [1.82, 2.24) is 0 Å². The lowest BCUT2D eigenvalue weighted by Gasteiger charge is -2.54. The lowest BCUT2D eigenvalue weighted by atomic mass is 9.09. The summed E-state index contributed by atoms with van der Waals surface area (Å²) in [4.78, 5) is 0. The average molecular weight is 261 g/mol. The smallest absolute Gasteiger partial charge is 0.118 e. The minimum Gasteiger partial charge on any atom is -0.497 e. The minimum absolute atomic E-state index is 0.296. The molecule has 0 amide bonds. The highest BCUT2D eigenvalue weighted by Crippen LogP contribution is 2.44. The van der Waals surface area contributed by atoms with E-state index in [1.54, 1.807) is 7.11 Å². The first-order chi connectivity index (χ1) is 9.03. The molecule has 0 aliphatic heterocycles. The molecule has 19 heavy (non-hydrogen) atoms. The molecular weight excluding hydrogens is 231 g/mol. The van der Waals surface area contributed by atoms with Crippen molar-refractivity contribution in [2.75, 3.05) is 7.11 Å². The van der Waals surface area contributed by atoms with Gasteiger partial charge in [-0.2, -0.15) is 19.0 Å². The Bertz CT molecular complexity index is 372. The summed E-state index contributed by atoms with van der Waals surface area (Å²) in [7, 11) is 1.73. The topological polar surface area (TPSA) is 9.23 Å². The predicted octanol–water partition coefficient (Wildman–Crippen LogP) is 5.41. The van der Waals surface area contributed by atoms with Gasteiger partial charge in [0.25, 0.3) is 0 Å². The van der Waals surface area contributed by atoms with E-state index in [9.17, 15) is 0 Å². The van der Waals surface area contributed by atoms with Crippen LogP contribution in [0.3, 0.4) is 0 Å². The molecule has 1 nitrogen and oxygen atoms in total. The molecule has 0 aliphatic rings. The Morgan fingerprint density at radius 1 is 0.947 bits per heavy atom. The van der Waals surface area contributed by atoms with E-state index in [2.05, 4.69) is 58.9 Å². The van der Waals surface area contributed by atoms with Crippen LogP contribution in [-0.4, -0.2) is 13.3 Å². The molecule has 0 saturated carbocycles. The molecule has 0 saturated heterocycles. The van der Waals surface area contributed by atoms with Crippen molar-refractivity contribution in [3.8, 4) is 5.75 Å². The molecule has 1 atom stereocenters. The van der Waals surface area contributed by atoms with Crippen LogP contribution in [0.15, 0.2) is 24.3 Å². The van der Waals surface area contributed by atoms with Crippen molar-refractivity contribution in [2.45, 2.75) is 65.3 Å². The van der Waals surface area contributed by atoms with Gasteiger partial charge in [0.05, 0.1) is 7.11 Å². The maximum atomic E-state index is 5.29. The fraction of sp³-hybridized carbons (Fsp3) is 0.647. The van der Waals surface area contributed by atoms with Gasteiger partial charge >= 0.3 is 0 Å². The molecule has 0 heterocycles. The van der Waals surface area contributed by atoms with E-state index in [1.807, 2.05) is 0 Å². The van der Waals surface area contributed by atoms with E-state index in [0.29, 0.717) is 5.31 Å². The minimum atomic E-state index is -0.364. The maximum absolute atomic E-state index is 5.29. The maximum Gasteiger partial charge on any atom is 0.118 e. The molecule has 0 aromatic heterocycles. The Morgan fingerprint density at radius 2 is 1.42 bits per heavy atom. The van der Waals surface area contributed by atoms with E-state index < -0.39 is 0 Å². The van der Waals surface area contributed by atoms with Gasteiger partial charge in [0.1, 0.15) is 5.75 Å². The van der Waals surface area contributed by atoms with Crippen LogP contribution in [0.1, 0.15) is 46.6 Å². The standard InChI is InChI=1S/C17H30BO/c1-7-17(5,18(8-2,9-3)10-4)15-11-13-16(19-6)14-12-15/h11-14H,7-10H2,1-6H3/q-1. The second-order valence-corrected chi connectivity index (χ2v) is 6.20. The Hall–Kier alpha value is -0.915. The van der Waals surface area contributed by atoms with Gasteiger partial charge in [-0.3, -0.25) is 0 Å². The SMILES string of the molecule is CC[B-](CC)(CC)C(C)(CC)c1ccc(OC)cc1. The first-order valence-electron chi connectivity index (χ1n) is 7.88. The third-order valence-corrected chi connectivity index (χ3v) is 6.18. The highest BCUT2D eigenvalue weighted by atomic mass is 16.5. The normalized spacial score (nSPS) is 15.1. The molecule has 0 N–H and O–H groups in total. The molecule has 1 unspecified atom stereocenters. The van der Waals surface area contributed by atoms with E-state index in [0.717, 1.165) is 5.75 Å². The second kappa shape index (κ2) is 6.50. The molecule has 2 heteroatoms. The van der Waals surface area contributed by atoms with Crippen molar-refractivity contribution >= 4 is 6.15 Å². The monoisotopic (exact) mass is 261 g/mol. The number of hydrogen-bond donors (Lipinski definition) is 0. The summed E-state index contributed by atoms with van der Waals surface area (Å²) in [6, 6.07) is 8.73. The van der Waals surface area contributed by atoms with E-state index >= 15 is 0 Å².